The minimum Gasteiger partial charge on any atom is -0.486 e. The summed E-state index contributed by atoms with van der Waals surface area (Å²) < 4.78 is 6.70. The SMILES string of the molecule is CC(C)(C)Oc1c(Br)cc(Cl)cc1C=NN1C(=O)C2C3C=CC(C3)C2C1=O. The minimum absolute atomic E-state index is 0.164. The summed E-state index contributed by atoms with van der Waals surface area (Å²) in [7, 11) is 0. The molecule has 27 heavy (non-hydrogen) atoms. The first-order valence-corrected chi connectivity index (χ1v) is 10.1. The third-order valence-electron chi connectivity index (χ3n) is 5.20. The van der Waals surface area contributed by atoms with E-state index < -0.39 is 5.60 Å². The first kappa shape index (κ1) is 18.7. The Labute approximate surface area is 171 Å². The second kappa shape index (κ2) is 6.45. The standard InChI is InChI=1S/C20H20BrClN2O3/c1-20(2,3)27-17-12(7-13(22)8-14(17)21)9-23-24-18(25)15-10-4-5-11(6-10)16(15)19(24)26/h4-5,7-11,15-16H,6H2,1-3H3. The first-order chi connectivity index (χ1) is 12.7. The smallest absolute Gasteiger partial charge is 0.254 e. The Kier molecular flexibility index (Phi) is 4.47. The summed E-state index contributed by atoms with van der Waals surface area (Å²) >= 11 is 9.63. The van der Waals surface area contributed by atoms with E-state index in [0.29, 0.717) is 20.8 Å². The molecule has 1 heterocycles. The number of hydrogen-bond acceptors (Lipinski definition) is 4. The van der Waals surface area contributed by atoms with Gasteiger partial charge >= 0.3 is 0 Å². The zero-order valence-electron chi connectivity index (χ0n) is 15.3. The van der Waals surface area contributed by atoms with Crippen LogP contribution in [0.1, 0.15) is 32.8 Å². The number of hydrogen-bond donors (Lipinski definition) is 0. The van der Waals surface area contributed by atoms with Gasteiger partial charge in [-0.1, -0.05) is 23.8 Å². The highest BCUT2D eigenvalue weighted by Gasteiger charge is 2.59. The lowest BCUT2D eigenvalue weighted by Gasteiger charge is -2.23. The van der Waals surface area contributed by atoms with Crippen molar-refractivity contribution in [3.8, 4) is 5.75 Å². The summed E-state index contributed by atoms with van der Waals surface area (Å²) in [6.07, 6.45) is 6.50. The maximum absolute atomic E-state index is 12.7. The Hall–Kier alpha value is -1.66. The molecule has 2 bridgehead atoms. The van der Waals surface area contributed by atoms with Crippen LogP contribution in [0, 0.1) is 23.7 Å². The summed E-state index contributed by atoms with van der Waals surface area (Å²) in [5.74, 6) is -0.0535. The lowest BCUT2D eigenvalue weighted by Crippen LogP contribution is -2.28. The zero-order chi connectivity index (χ0) is 19.5. The topological polar surface area (TPSA) is 59.0 Å². The molecule has 1 aromatic rings. The molecule has 4 rings (SSSR count). The van der Waals surface area contributed by atoms with Gasteiger partial charge in [0.1, 0.15) is 11.4 Å². The molecule has 5 nitrogen and oxygen atoms in total. The molecule has 2 amide bonds. The molecule has 0 N–H and O–H groups in total. The third-order valence-corrected chi connectivity index (χ3v) is 6.01. The van der Waals surface area contributed by atoms with Gasteiger partial charge in [0, 0.05) is 10.6 Å². The van der Waals surface area contributed by atoms with Gasteiger partial charge in [-0.15, -0.1) is 0 Å². The van der Waals surface area contributed by atoms with Gasteiger partial charge in [0.15, 0.2) is 0 Å². The van der Waals surface area contributed by atoms with Gasteiger partial charge in [-0.2, -0.15) is 10.1 Å². The summed E-state index contributed by atoms with van der Waals surface area (Å²) in [6.45, 7) is 5.81. The number of fused-ring (bicyclic) bond motifs is 5. The molecular formula is C20H20BrClN2O3. The van der Waals surface area contributed by atoms with E-state index in [9.17, 15) is 9.59 Å². The van der Waals surface area contributed by atoms with Gasteiger partial charge in [-0.25, -0.2) is 0 Å². The largest absolute Gasteiger partial charge is 0.486 e. The van der Waals surface area contributed by atoms with Crippen LogP contribution in [0.3, 0.4) is 0 Å². The number of imide groups is 1. The van der Waals surface area contributed by atoms with E-state index in [4.69, 9.17) is 16.3 Å². The predicted octanol–water partition coefficient (Wildman–Crippen LogP) is 4.42. The molecule has 142 valence electrons. The second-order valence-electron chi connectivity index (χ2n) is 8.25. The van der Waals surface area contributed by atoms with Crippen LogP contribution in [0.15, 0.2) is 33.9 Å². The molecule has 0 radical (unpaired) electrons. The fourth-order valence-electron chi connectivity index (χ4n) is 4.21. The van der Waals surface area contributed by atoms with E-state index in [1.54, 1.807) is 12.1 Å². The average molecular weight is 452 g/mol. The third kappa shape index (κ3) is 3.23. The van der Waals surface area contributed by atoms with Crippen LogP contribution in [-0.4, -0.2) is 28.6 Å². The molecule has 1 aromatic carbocycles. The van der Waals surface area contributed by atoms with Crippen LogP contribution in [0.4, 0.5) is 0 Å². The number of halogens is 2. The Morgan fingerprint density at radius 2 is 1.78 bits per heavy atom. The van der Waals surface area contributed by atoms with E-state index in [0.717, 1.165) is 11.4 Å². The zero-order valence-corrected chi connectivity index (χ0v) is 17.6. The Morgan fingerprint density at radius 1 is 1.19 bits per heavy atom. The normalized spacial score (nSPS) is 29.3. The summed E-state index contributed by atoms with van der Waals surface area (Å²) in [5, 5.41) is 5.76. The van der Waals surface area contributed by atoms with Crippen LogP contribution in [-0.2, 0) is 9.59 Å². The van der Waals surface area contributed by atoms with Crippen molar-refractivity contribution in [1.29, 1.82) is 0 Å². The Balaban J connectivity index is 1.64. The number of ether oxygens (including phenoxy) is 1. The number of rotatable bonds is 3. The number of hydrazone groups is 1. The highest BCUT2D eigenvalue weighted by atomic mass is 79.9. The Morgan fingerprint density at radius 3 is 2.33 bits per heavy atom. The van der Waals surface area contributed by atoms with Crippen LogP contribution < -0.4 is 4.74 Å². The van der Waals surface area contributed by atoms with Gasteiger partial charge in [0.25, 0.3) is 11.8 Å². The van der Waals surface area contributed by atoms with Crippen LogP contribution in [0.2, 0.25) is 5.02 Å². The highest BCUT2D eigenvalue weighted by Crippen LogP contribution is 2.52. The molecule has 1 aliphatic heterocycles. The molecule has 7 heteroatoms. The Bertz CT molecular complexity index is 860. The quantitative estimate of drug-likeness (QED) is 0.388. The monoisotopic (exact) mass is 450 g/mol. The van der Waals surface area contributed by atoms with Crippen molar-refractivity contribution in [2.75, 3.05) is 0 Å². The van der Waals surface area contributed by atoms with Crippen LogP contribution in [0.5, 0.6) is 5.75 Å². The molecule has 4 unspecified atom stereocenters. The molecule has 3 aliphatic rings. The number of amides is 2. The van der Waals surface area contributed by atoms with Crippen LogP contribution in [0.25, 0.3) is 0 Å². The maximum atomic E-state index is 12.7. The van der Waals surface area contributed by atoms with E-state index in [-0.39, 0.29) is 35.5 Å². The number of carbonyl (C=O) groups excluding carboxylic acids is 2. The second-order valence-corrected chi connectivity index (χ2v) is 9.54. The van der Waals surface area contributed by atoms with Crippen molar-refractivity contribution in [3.63, 3.8) is 0 Å². The molecule has 2 aliphatic carbocycles. The van der Waals surface area contributed by atoms with E-state index in [2.05, 4.69) is 33.2 Å². The van der Waals surface area contributed by atoms with Gasteiger partial charge in [0.05, 0.1) is 22.5 Å². The fourth-order valence-corrected chi connectivity index (χ4v) is 5.13. The van der Waals surface area contributed by atoms with Crippen molar-refractivity contribution in [2.24, 2.45) is 28.8 Å². The summed E-state index contributed by atoms with van der Waals surface area (Å²) in [5.41, 5.74) is 0.170. The first-order valence-electron chi connectivity index (χ1n) is 8.94. The lowest BCUT2D eigenvalue weighted by molar-refractivity contribution is -0.140. The number of carbonyl (C=O) groups is 2. The van der Waals surface area contributed by atoms with Crippen molar-refractivity contribution in [1.82, 2.24) is 5.01 Å². The maximum Gasteiger partial charge on any atom is 0.254 e. The molecule has 2 fully saturated rings. The van der Waals surface area contributed by atoms with Gasteiger partial charge in [-0.05, 0) is 67.1 Å². The van der Waals surface area contributed by atoms with Crippen molar-refractivity contribution in [3.05, 3.63) is 39.3 Å². The van der Waals surface area contributed by atoms with Crippen molar-refractivity contribution in [2.45, 2.75) is 32.8 Å². The fraction of sp³-hybridized carbons (Fsp3) is 0.450. The lowest BCUT2D eigenvalue weighted by atomic mass is 9.85. The summed E-state index contributed by atoms with van der Waals surface area (Å²) in [6, 6.07) is 3.44. The van der Waals surface area contributed by atoms with E-state index >= 15 is 0 Å². The number of benzene rings is 1. The van der Waals surface area contributed by atoms with Gasteiger partial charge in [-0.3, -0.25) is 9.59 Å². The van der Waals surface area contributed by atoms with Crippen molar-refractivity contribution < 1.29 is 14.3 Å². The predicted molar refractivity (Wildman–Crippen MR) is 107 cm³/mol. The molecule has 4 atom stereocenters. The molecule has 0 spiro atoms. The average Bonchev–Trinajstić information content (AvgIpc) is 3.23. The summed E-state index contributed by atoms with van der Waals surface area (Å²) in [4.78, 5) is 25.5. The molecule has 0 aromatic heterocycles. The van der Waals surface area contributed by atoms with Crippen LogP contribution >= 0.6 is 27.5 Å². The van der Waals surface area contributed by atoms with Gasteiger partial charge in [0.2, 0.25) is 0 Å². The van der Waals surface area contributed by atoms with Crippen molar-refractivity contribution >= 4 is 45.6 Å². The van der Waals surface area contributed by atoms with E-state index in [1.807, 2.05) is 20.8 Å². The molecular weight excluding hydrogens is 432 g/mol. The van der Waals surface area contributed by atoms with E-state index in [1.165, 1.54) is 6.21 Å². The molecule has 1 saturated heterocycles. The minimum atomic E-state index is -0.430. The number of nitrogens with zero attached hydrogens (tertiary/aromatic N) is 2. The molecule has 1 saturated carbocycles. The highest BCUT2D eigenvalue weighted by molar-refractivity contribution is 9.10. The van der Waals surface area contributed by atoms with Gasteiger partial charge < -0.3 is 4.74 Å². The number of allylic oxidation sites excluding steroid dienone is 2.